The maximum atomic E-state index is 11.2. The lowest BCUT2D eigenvalue weighted by Gasteiger charge is -2.03. The molecule has 0 aliphatic rings. The van der Waals surface area contributed by atoms with Gasteiger partial charge >= 0.3 is 7.32 Å². The Bertz CT molecular complexity index is 355. The molecule has 0 aliphatic carbocycles. The van der Waals surface area contributed by atoms with Gasteiger partial charge in [-0.15, -0.1) is 0 Å². The summed E-state index contributed by atoms with van der Waals surface area (Å²) in [6, 6.07) is 0. The predicted molar refractivity (Wildman–Crippen MR) is 36.6 cm³/mol. The highest BCUT2D eigenvalue weighted by Crippen LogP contribution is 2.03. The van der Waals surface area contributed by atoms with E-state index in [1.54, 1.807) is 0 Å². The van der Waals surface area contributed by atoms with Crippen molar-refractivity contribution in [3.05, 3.63) is 0 Å². The summed E-state index contributed by atoms with van der Waals surface area (Å²) < 4.78 is 74.8. The normalized spacial score (nSPS) is 12.8. The maximum absolute atomic E-state index is 11.2. The van der Waals surface area contributed by atoms with Crippen LogP contribution in [0.2, 0.25) is 0 Å². The van der Waals surface area contributed by atoms with Crippen molar-refractivity contribution < 1.29 is 44.3 Å². The molecule has 14 heavy (non-hydrogen) atoms. The van der Waals surface area contributed by atoms with Crippen LogP contribution in [0.3, 0.4) is 0 Å². The van der Waals surface area contributed by atoms with Crippen molar-refractivity contribution in [2.75, 3.05) is 5.08 Å². The zero-order valence-electron chi connectivity index (χ0n) is 6.16. The van der Waals surface area contributed by atoms with Gasteiger partial charge in [0.15, 0.2) is 0 Å². The van der Waals surface area contributed by atoms with Gasteiger partial charge in [0, 0.05) is 0 Å². The van der Waals surface area contributed by atoms with E-state index in [1.807, 2.05) is 0 Å². The molecular formula is CH3BF2O8S2. The molecule has 0 saturated heterocycles. The molecule has 0 saturated carbocycles. The Balaban J connectivity index is 4.51. The fraction of sp³-hybridized carbons (Fsp3) is 1.00. The quantitative estimate of drug-likeness (QED) is 0.473. The minimum atomic E-state index is -4.93. The SMILES string of the molecule is O=S(=O)(O)CS(=O)(=O)OB(OF)OF. The molecule has 0 aromatic rings. The van der Waals surface area contributed by atoms with Gasteiger partial charge in [-0.05, 0) is 0 Å². The Morgan fingerprint density at radius 3 is 1.86 bits per heavy atom. The van der Waals surface area contributed by atoms with E-state index in [4.69, 9.17) is 4.55 Å². The Morgan fingerprint density at radius 1 is 1.14 bits per heavy atom. The number of hydrogen-bond donors (Lipinski definition) is 1. The molecule has 8 nitrogen and oxygen atoms in total. The van der Waals surface area contributed by atoms with Crippen LogP contribution in [0.5, 0.6) is 0 Å². The summed E-state index contributed by atoms with van der Waals surface area (Å²) in [5.74, 6) is 0. The van der Waals surface area contributed by atoms with Crippen LogP contribution in [-0.4, -0.2) is 33.8 Å². The molecule has 0 amide bonds. The van der Waals surface area contributed by atoms with E-state index in [2.05, 4.69) is 13.8 Å². The highest BCUT2D eigenvalue weighted by atomic mass is 32.3. The lowest BCUT2D eigenvalue weighted by molar-refractivity contribution is -0.129. The van der Waals surface area contributed by atoms with Crippen LogP contribution in [0, 0.1) is 0 Å². The average molecular weight is 256 g/mol. The number of halogens is 2. The van der Waals surface area contributed by atoms with Crippen LogP contribution >= 0.6 is 0 Å². The topological polar surface area (TPSA) is 116 Å². The van der Waals surface area contributed by atoms with Crippen LogP contribution in [0.15, 0.2) is 0 Å². The second kappa shape index (κ2) is 4.95. The Hall–Kier alpha value is -0.335. The van der Waals surface area contributed by atoms with Gasteiger partial charge in [0.05, 0.1) is 0 Å². The van der Waals surface area contributed by atoms with E-state index in [9.17, 15) is 25.9 Å². The molecule has 0 radical (unpaired) electrons. The van der Waals surface area contributed by atoms with Gasteiger partial charge in [-0.3, -0.25) is 8.65 Å². The summed E-state index contributed by atoms with van der Waals surface area (Å²) in [5.41, 5.74) is 0. The number of hydrogen-bond acceptors (Lipinski definition) is 7. The molecule has 13 heteroatoms. The molecule has 0 aromatic carbocycles. The molecule has 0 rings (SSSR count). The molecule has 0 unspecified atom stereocenters. The van der Waals surface area contributed by atoms with Crippen LogP contribution in [-0.2, 0) is 34.1 Å². The molecule has 0 spiro atoms. The molecule has 0 aliphatic heterocycles. The first-order valence-corrected chi connectivity index (χ1v) is 5.80. The zero-order chi connectivity index (χ0) is 11.4. The standard InChI is InChI=1S/CH3BF2O8S2/c3-10-2(11-4)12-14(8,9)1-13(5,6)7/h1H2,(H,5,6,7). The van der Waals surface area contributed by atoms with Crippen molar-refractivity contribution in [2.24, 2.45) is 0 Å². The highest BCUT2D eigenvalue weighted by molar-refractivity contribution is 8.03. The smallest absolute Gasteiger partial charge is 0.285 e. The minimum absolute atomic E-state index is 1.89. The van der Waals surface area contributed by atoms with Gasteiger partial charge < -0.3 is 0 Å². The fourth-order valence-electron chi connectivity index (χ4n) is 0.373. The van der Waals surface area contributed by atoms with Gasteiger partial charge in [0.25, 0.3) is 20.2 Å². The van der Waals surface area contributed by atoms with Crippen LogP contribution in [0.1, 0.15) is 0 Å². The molecule has 84 valence electrons. The third-order valence-corrected chi connectivity index (χ3v) is 3.46. The molecule has 0 fully saturated rings. The van der Waals surface area contributed by atoms with E-state index >= 15 is 0 Å². The Morgan fingerprint density at radius 2 is 1.57 bits per heavy atom. The van der Waals surface area contributed by atoms with Crippen molar-refractivity contribution in [3.63, 3.8) is 0 Å². The Kier molecular flexibility index (Phi) is 4.83. The van der Waals surface area contributed by atoms with Crippen LogP contribution in [0.4, 0.5) is 9.05 Å². The lowest BCUT2D eigenvalue weighted by Crippen LogP contribution is -2.28. The van der Waals surface area contributed by atoms with Gasteiger partial charge in [-0.1, -0.05) is 9.05 Å². The third kappa shape index (κ3) is 6.17. The molecule has 0 atom stereocenters. The molecule has 0 bridgehead atoms. The predicted octanol–water partition coefficient (Wildman–Crippen LogP) is -1.03. The van der Waals surface area contributed by atoms with Crippen molar-refractivity contribution in [1.82, 2.24) is 0 Å². The summed E-state index contributed by atoms with van der Waals surface area (Å²) in [5, 5.41) is -1.89. The zero-order valence-corrected chi connectivity index (χ0v) is 7.79. The van der Waals surface area contributed by atoms with Gasteiger partial charge in [0.1, 0.15) is 0 Å². The Labute approximate surface area is 77.6 Å². The molecule has 0 heterocycles. The largest absolute Gasteiger partial charge is 0.720 e. The molecule has 1 N–H and O–H groups in total. The fourth-order valence-corrected chi connectivity index (χ4v) is 2.35. The lowest BCUT2D eigenvalue weighted by atomic mass is 10.3. The first-order valence-electron chi connectivity index (χ1n) is 2.61. The highest BCUT2D eigenvalue weighted by Gasteiger charge is 2.34. The van der Waals surface area contributed by atoms with Gasteiger partial charge in [-0.2, -0.15) is 26.6 Å². The monoisotopic (exact) mass is 256 g/mol. The summed E-state index contributed by atoms with van der Waals surface area (Å²) in [7, 11) is -12.7. The van der Waals surface area contributed by atoms with Crippen molar-refractivity contribution in [2.45, 2.75) is 0 Å². The van der Waals surface area contributed by atoms with E-state index < -0.39 is 32.6 Å². The number of rotatable bonds is 6. The van der Waals surface area contributed by atoms with Gasteiger partial charge in [0.2, 0.25) is 5.08 Å². The molecule has 0 aromatic heterocycles. The van der Waals surface area contributed by atoms with Crippen molar-refractivity contribution in [3.8, 4) is 0 Å². The first kappa shape index (κ1) is 13.7. The minimum Gasteiger partial charge on any atom is -0.285 e. The maximum Gasteiger partial charge on any atom is 0.720 e. The second-order valence-corrected chi connectivity index (χ2v) is 5.23. The van der Waals surface area contributed by atoms with Crippen LogP contribution < -0.4 is 0 Å². The van der Waals surface area contributed by atoms with Crippen molar-refractivity contribution >= 4 is 27.6 Å². The summed E-state index contributed by atoms with van der Waals surface area (Å²) in [4.78, 5) is 4.95. The van der Waals surface area contributed by atoms with E-state index in [0.717, 1.165) is 0 Å². The second-order valence-electron chi connectivity index (χ2n) is 1.82. The first-order chi connectivity index (χ1) is 6.20. The summed E-state index contributed by atoms with van der Waals surface area (Å²) in [6.45, 7) is 0. The summed E-state index contributed by atoms with van der Waals surface area (Å²) in [6.07, 6.45) is 0. The van der Waals surface area contributed by atoms with E-state index in [1.165, 1.54) is 0 Å². The van der Waals surface area contributed by atoms with E-state index in [0.29, 0.717) is 0 Å². The van der Waals surface area contributed by atoms with Crippen LogP contribution in [0.25, 0.3) is 0 Å². The molecular weight excluding hydrogens is 253 g/mol. The average Bonchev–Trinajstić information content (AvgIpc) is 1.95. The van der Waals surface area contributed by atoms with Gasteiger partial charge in [-0.25, -0.2) is 0 Å². The van der Waals surface area contributed by atoms with E-state index in [-0.39, 0.29) is 0 Å². The summed E-state index contributed by atoms with van der Waals surface area (Å²) >= 11 is 0. The third-order valence-electron chi connectivity index (χ3n) is 0.664. The van der Waals surface area contributed by atoms with Crippen molar-refractivity contribution in [1.29, 1.82) is 0 Å².